The fourth-order valence-corrected chi connectivity index (χ4v) is 2.01. The van der Waals surface area contributed by atoms with Crippen molar-refractivity contribution in [3.63, 3.8) is 0 Å². The van der Waals surface area contributed by atoms with Gasteiger partial charge in [0, 0.05) is 32.9 Å². The van der Waals surface area contributed by atoms with Crippen molar-refractivity contribution in [2.75, 3.05) is 13.1 Å². The highest BCUT2D eigenvalue weighted by Gasteiger charge is 2.17. The van der Waals surface area contributed by atoms with Crippen LogP contribution in [0.25, 0.3) is 0 Å². The van der Waals surface area contributed by atoms with Crippen LogP contribution in [0.1, 0.15) is 32.0 Å². The Morgan fingerprint density at radius 1 is 1.53 bits per heavy atom. The Kier molecular flexibility index (Phi) is 5.58. The molecule has 1 unspecified atom stereocenters. The standard InChI is InChI=1S/C14H22N4O/c1-5-18(6-2)14(19)11(3)16-9-12-7-13(8-15)17(4)10-12/h7,10-11,16H,5-6,9H2,1-4H3. The van der Waals surface area contributed by atoms with Gasteiger partial charge < -0.3 is 14.8 Å². The van der Waals surface area contributed by atoms with Crippen molar-refractivity contribution < 1.29 is 4.79 Å². The quantitative estimate of drug-likeness (QED) is 0.839. The normalized spacial score (nSPS) is 11.9. The van der Waals surface area contributed by atoms with Crippen molar-refractivity contribution >= 4 is 5.91 Å². The number of aromatic nitrogens is 1. The highest BCUT2D eigenvalue weighted by Crippen LogP contribution is 2.06. The summed E-state index contributed by atoms with van der Waals surface area (Å²) in [7, 11) is 1.84. The van der Waals surface area contributed by atoms with E-state index in [-0.39, 0.29) is 11.9 Å². The lowest BCUT2D eigenvalue weighted by Crippen LogP contribution is -2.44. The molecule has 0 aliphatic carbocycles. The molecule has 0 radical (unpaired) electrons. The monoisotopic (exact) mass is 262 g/mol. The van der Waals surface area contributed by atoms with Crippen LogP contribution in [0.5, 0.6) is 0 Å². The first-order chi connectivity index (χ1) is 9.03. The molecule has 0 fully saturated rings. The molecule has 1 rings (SSSR count). The van der Waals surface area contributed by atoms with E-state index in [2.05, 4.69) is 11.4 Å². The fraction of sp³-hybridized carbons (Fsp3) is 0.571. The molecule has 0 spiro atoms. The summed E-state index contributed by atoms with van der Waals surface area (Å²) >= 11 is 0. The molecule has 1 aromatic heterocycles. The van der Waals surface area contributed by atoms with E-state index in [4.69, 9.17) is 5.26 Å². The Bertz CT molecular complexity index is 468. The number of rotatable bonds is 6. The Morgan fingerprint density at radius 2 is 2.16 bits per heavy atom. The molecule has 0 saturated carbocycles. The molecule has 0 aliphatic heterocycles. The Balaban J connectivity index is 2.56. The number of amides is 1. The number of carbonyl (C=O) groups excluding carboxylic acids is 1. The maximum Gasteiger partial charge on any atom is 0.239 e. The van der Waals surface area contributed by atoms with E-state index in [9.17, 15) is 4.79 Å². The van der Waals surface area contributed by atoms with Crippen LogP contribution in [0.15, 0.2) is 12.3 Å². The Labute approximate surface area is 114 Å². The van der Waals surface area contributed by atoms with Gasteiger partial charge in [-0.25, -0.2) is 0 Å². The number of nitrogens with zero attached hydrogens (tertiary/aromatic N) is 3. The average Bonchev–Trinajstić information content (AvgIpc) is 2.77. The predicted molar refractivity (Wildman–Crippen MR) is 74.4 cm³/mol. The molecule has 0 aromatic carbocycles. The van der Waals surface area contributed by atoms with Gasteiger partial charge in [0.1, 0.15) is 11.8 Å². The van der Waals surface area contributed by atoms with Gasteiger partial charge in [-0.2, -0.15) is 5.26 Å². The first-order valence-electron chi connectivity index (χ1n) is 6.60. The predicted octanol–water partition coefficient (Wildman–Crippen LogP) is 1.24. The maximum absolute atomic E-state index is 12.1. The first kappa shape index (κ1) is 15.3. The molecule has 1 aromatic rings. The second kappa shape index (κ2) is 6.95. The van der Waals surface area contributed by atoms with E-state index >= 15 is 0 Å². The van der Waals surface area contributed by atoms with Crippen molar-refractivity contribution in [2.45, 2.75) is 33.4 Å². The first-order valence-corrected chi connectivity index (χ1v) is 6.60. The van der Waals surface area contributed by atoms with E-state index in [1.54, 1.807) is 4.57 Å². The van der Waals surface area contributed by atoms with Gasteiger partial charge in [-0.3, -0.25) is 4.79 Å². The van der Waals surface area contributed by atoms with Gasteiger partial charge in [0.05, 0.1) is 6.04 Å². The average molecular weight is 262 g/mol. The molecule has 1 amide bonds. The minimum absolute atomic E-state index is 0.112. The van der Waals surface area contributed by atoms with Crippen LogP contribution in [0.2, 0.25) is 0 Å². The zero-order valence-corrected chi connectivity index (χ0v) is 12.1. The minimum atomic E-state index is -0.217. The molecule has 1 atom stereocenters. The molecule has 19 heavy (non-hydrogen) atoms. The number of likely N-dealkylation sites (N-methyl/N-ethyl adjacent to an activating group) is 1. The molecule has 5 nitrogen and oxygen atoms in total. The van der Waals surface area contributed by atoms with E-state index < -0.39 is 0 Å². The SMILES string of the molecule is CCN(CC)C(=O)C(C)NCc1cc(C#N)n(C)c1. The topological polar surface area (TPSA) is 61.1 Å². The smallest absolute Gasteiger partial charge is 0.239 e. The molecule has 104 valence electrons. The molecule has 0 aliphatic rings. The third kappa shape index (κ3) is 3.83. The lowest BCUT2D eigenvalue weighted by atomic mass is 10.2. The summed E-state index contributed by atoms with van der Waals surface area (Å²) in [6.07, 6.45) is 1.90. The summed E-state index contributed by atoms with van der Waals surface area (Å²) in [6, 6.07) is 3.74. The van der Waals surface area contributed by atoms with Crippen LogP contribution in [0.3, 0.4) is 0 Å². The summed E-state index contributed by atoms with van der Waals surface area (Å²) in [5, 5.41) is 12.1. The van der Waals surface area contributed by atoms with E-state index in [0.717, 1.165) is 18.7 Å². The molecule has 1 heterocycles. The van der Waals surface area contributed by atoms with Crippen molar-refractivity contribution in [2.24, 2.45) is 7.05 Å². The molecule has 0 bridgehead atoms. The van der Waals surface area contributed by atoms with Crippen LogP contribution < -0.4 is 5.32 Å². The van der Waals surface area contributed by atoms with Crippen LogP contribution in [0, 0.1) is 11.3 Å². The number of nitriles is 1. The second-order valence-corrected chi connectivity index (χ2v) is 4.57. The highest BCUT2D eigenvalue weighted by atomic mass is 16.2. The van der Waals surface area contributed by atoms with Gasteiger partial charge in [0.2, 0.25) is 5.91 Å². The summed E-state index contributed by atoms with van der Waals surface area (Å²) < 4.78 is 1.79. The zero-order valence-electron chi connectivity index (χ0n) is 12.1. The fourth-order valence-electron chi connectivity index (χ4n) is 2.01. The van der Waals surface area contributed by atoms with Crippen LogP contribution in [-0.2, 0) is 18.4 Å². The summed E-state index contributed by atoms with van der Waals surface area (Å²) in [5.41, 5.74) is 1.64. The highest BCUT2D eigenvalue weighted by molar-refractivity contribution is 5.81. The molecular formula is C14H22N4O. The molecule has 0 saturated heterocycles. The summed E-state index contributed by atoms with van der Waals surface area (Å²) in [5.74, 6) is 0.112. The third-order valence-corrected chi connectivity index (χ3v) is 3.23. The van der Waals surface area contributed by atoms with Crippen molar-refractivity contribution in [3.8, 4) is 6.07 Å². The van der Waals surface area contributed by atoms with Gasteiger partial charge in [0.15, 0.2) is 0 Å². The zero-order chi connectivity index (χ0) is 14.4. The largest absolute Gasteiger partial charge is 0.342 e. The van der Waals surface area contributed by atoms with E-state index in [0.29, 0.717) is 12.2 Å². The maximum atomic E-state index is 12.1. The van der Waals surface area contributed by atoms with Crippen molar-refractivity contribution in [1.29, 1.82) is 5.26 Å². The molecule has 1 N–H and O–H groups in total. The lowest BCUT2D eigenvalue weighted by molar-refractivity contribution is -0.132. The van der Waals surface area contributed by atoms with E-state index in [1.807, 2.05) is 45.0 Å². The Morgan fingerprint density at radius 3 is 2.63 bits per heavy atom. The number of carbonyl (C=O) groups is 1. The van der Waals surface area contributed by atoms with Gasteiger partial charge in [-0.1, -0.05) is 0 Å². The molecule has 5 heteroatoms. The lowest BCUT2D eigenvalue weighted by Gasteiger charge is -2.23. The number of nitrogens with one attached hydrogen (secondary N) is 1. The second-order valence-electron chi connectivity index (χ2n) is 4.57. The number of hydrogen-bond donors (Lipinski definition) is 1. The Hall–Kier alpha value is -1.80. The summed E-state index contributed by atoms with van der Waals surface area (Å²) in [4.78, 5) is 13.9. The van der Waals surface area contributed by atoms with Crippen LogP contribution >= 0.6 is 0 Å². The van der Waals surface area contributed by atoms with Gasteiger partial charge in [-0.15, -0.1) is 0 Å². The minimum Gasteiger partial charge on any atom is -0.342 e. The van der Waals surface area contributed by atoms with Crippen LogP contribution in [0.4, 0.5) is 0 Å². The van der Waals surface area contributed by atoms with Crippen molar-refractivity contribution in [3.05, 3.63) is 23.5 Å². The number of aryl methyl sites for hydroxylation is 1. The third-order valence-electron chi connectivity index (χ3n) is 3.23. The van der Waals surface area contributed by atoms with Crippen LogP contribution in [-0.4, -0.2) is 34.5 Å². The summed E-state index contributed by atoms with van der Waals surface area (Å²) in [6.45, 7) is 7.87. The van der Waals surface area contributed by atoms with Gasteiger partial charge >= 0.3 is 0 Å². The number of hydrogen-bond acceptors (Lipinski definition) is 3. The van der Waals surface area contributed by atoms with Gasteiger partial charge in [-0.05, 0) is 32.4 Å². The van der Waals surface area contributed by atoms with Gasteiger partial charge in [0.25, 0.3) is 0 Å². The van der Waals surface area contributed by atoms with E-state index in [1.165, 1.54) is 0 Å². The van der Waals surface area contributed by atoms with Crippen molar-refractivity contribution in [1.82, 2.24) is 14.8 Å². The molecular weight excluding hydrogens is 240 g/mol.